The van der Waals surface area contributed by atoms with E-state index in [4.69, 9.17) is 16.3 Å². The van der Waals surface area contributed by atoms with Crippen molar-refractivity contribution in [1.29, 1.82) is 0 Å². The first kappa shape index (κ1) is 14.8. The molecule has 1 heterocycles. The molecule has 0 aromatic heterocycles. The van der Waals surface area contributed by atoms with Crippen LogP contribution in [0.2, 0.25) is 5.02 Å². The number of benzene rings is 1. The molecule has 108 valence electrons. The zero-order valence-corrected chi connectivity index (χ0v) is 12.0. The van der Waals surface area contributed by atoms with E-state index in [1.165, 1.54) is 0 Å². The van der Waals surface area contributed by atoms with Gasteiger partial charge in [-0.2, -0.15) is 0 Å². The maximum Gasteiger partial charge on any atom is 0.313 e. The molecule has 2 N–H and O–H groups in total. The van der Waals surface area contributed by atoms with Crippen LogP contribution >= 0.6 is 11.6 Å². The minimum atomic E-state index is -0.706. The van der Waals surface area contributed by atoms with Crippen LogP contribution in [0, 0.1) is 6.92 Å². The SMILES string of the molecule is Cc1ccc(NC(=O)C(=O)NC[C@@H]2CCCO2)cc1Cl. The van der Waals surface area contributed by atoms with Crippen molar-refractivity contribution in [1.82, 2.24) is 5.32 Å². The smallest absolute Gasteiger partial charge is 0.313 e. The normalized spacial score (nSPS) is 17.8. The largest absolute Gasteiger partial charge is 0.376 e. The Kier molecular flexibility index (Phi) is 4.98. The number of nitrogens with one attached hydrogen (secondary N) is 2. The lowest BCUT2D eigenvalue weighted by molar-refractivity contribution is -0.136. The van der Waals surface area contributed by atoms with Crippen LogP contribution in [0.25, 0.3) is 0 Å². The highest BCUT2D eigenvalue weighted by Gasteiger charge is 2.19. The molecular formula is C14H17ClN2O3. The number of ether oxygens (including phenoxy) is 1. The van der Waals surface area contributed by atoms with Crippen LogP contribution in [0.5, 0.6) is 0 Å². The van der Waals surface area contributed by atoms with Crippen molar-refractivity contribution in [2.75, 3.05) is 18.5 Å². The second-order valence-electron chi connectivity index (χ2n) is 4.76. The monoisotopic (exact) mass is 296 g/mol. The molecule has 0 unspecified atom stereocenters. The summed E-state index contributed by atoms with van der Waals surface area (Å²) in [5, 5.41) is 5.61. The molecule has 1 fully saturated rings. The van der Waals surface area contributed by atoms with Gasteiger partial charge in [-0.25, -0.2) is 0 Å². The molecule has 0 bridgehead atoms. The lowest BCUT2D eigenvalue weighted by Crippen LogP contribution is -2.39. The number of rotatable bonds is 3. The van der Waals surface area contributed by atoms with E-state index < -0.39 is 11.8 Å². The van der Waals surface area contributed by atoms with E-state index in [9.17, 15) is 9.59 Å². The first-order valence-electron chi connectivity index (χ1n) is 6.53. The number of hydrogen-bond donors (Lipinski definition) is 2. The van der Waals surface area contributed by atoms with Crippen molar-refractivity contribution in [3.8, 4) is 0 Å². The Morgan fingerprint density at radius 3 is 2.85 bits per heavy atom. The van der Waals surface area contributed by atoms with Gasteiger partial charge in [0.1, 0.15) is 0 Å². The van der Waals surface area contributed by atoms with E-state index in [1.54, 1.807) is 18.2 Å². The van der Waals surface area contributed by atoms with Gasteiger partial charge in [-0.05, 0) is 37.5 Å². The van der Waals surface area contributed by atoms with Crippen LogP contribution in [0.15, 0.2) is 18.2 Å². The molecule has 1 saturated heterocycles. The van der Waals surface area contributed by atoms with Crippen LogP contribution < -0.4 is 10.6 Å². The predicted molar refractivity (Wildman–Crippen MR) is 76.8 cm³/mol. The third-order valence-electron chi connectivity index (χ3n) is 3.15. The average Bonchev–Trinajstić information content (AvgIpc) is 2.93. The van der Waals surface area contributed by atoms with Gasteiger partial charge >= 0.3 is 11.8 Å². The van der Waals surface area contributed by atoms with Gasteiger partial charge in [0.25, 0.3) is 0 Å². The van der Waals surface area contributed by atoms with E-state index in [1.807, 2.05) is 6.92 Å². The Hall–Kier alpha value is -1.59. The Labute approximate surface area is 122 Å². The number of hydrogen-bond acceptors (Lipinski definition) is 3. The first-order valence-corrected chi connectivity index (χ1v) is 6.91. The molecule has 6 heteroatoms. The third kappa shape index (κ3) is 3.95. The average molecular weight is 297 g/mol. The number of amides is 2. The molecule has 2 rings (SSSR count). The molecule has 5 nitrogen and oxygen atoms in total. The van der Waals surface area contributed by atoms with E-state index >= 15 is 0 Å². The van der Waals surface area contributed by atoms with Crippen molar-refractivity contribution in [2.45, 2.75) is 25.9 Å². The number of anilines is 1. The van der Waals surface area contributed by atoms with E-state index in [0.717, 1.165) is 18.4 Å². The van der Waals surface area contributed by atoms with E-state index in [0.29, 0.717) is 23.9 Å². The van der Waals surface area contributed by atoms with Gasteiger partial charge in [-0.15, -0.1) is 0 Å². The molecular weight excluding hydrogens is 280 g/mol. The van der Waals surface area contributed by atoms with Crippen molar-refractivity contribution in [3.63, 3.8) is 0 Å². The van der Waals surface area contributed by atoms with E-state index in [-0.39, 0.29) is 6.10 Å². The molecule has 20 heavy (non-hydrogen) atoms. The summed E-state index contributed by atoms with van der Waals surface area (Å²) in [6, 6.07) is 5.09. The minimum Gasteiger partial charge on any atom is -0.376 e. The lowest BCUT2D eigenvalue weighted by Gasteiger charge is -2.11. The molecule has 2 amide bonds. The zero-order chi connectivity index (χ0) is 14.5. The van der Waals surface area contributed by atoms with Crippen molar-refractivity contribution >= 4 is 29.1 Å². The Morgan fingerprint density at radius 2 is 2.20 bits per heavy atom. The molecule has 0 spiro atoms. The molecule has 0 saturated carbocycles. The molecule has 1 atom stereocenters. The summed E-state index contributed by atoms with van der Waals surface area (Å²) in [6.07, 6.45) is 1.92. The summed E-state index contributed by atoms with van der Waals surface area (Å²) >= 11 is 5.96. The fourth-order valence-corrected chi connectivity index (χ4v) is 2.13. The van der Waals surface area contributed by atoms with E-state index in [2.05, 4.69) is 10.6 Å². The fraction of sp³-hybridized carbons (Fsp3) is 0.429. The maximum absolute atomic E-state index is 11.7. The van der Waals surface area contributed by atoms with Crippen LogP contribution in [-0.2, 0) is 14.3 Å². The third-order valence-corrected chi connectivity index (χ3v) is 3.56. The van der Waals surface area contributed by atoms with Gasteiger partial charge in [0.2, 0.25) is 0 Å². The minimum absolute atomic E-state index is 0.0144. The molecule has 1 aromatic carbocycles. The number of halogens is 1. The van der Waals surface area contributed by atoms with Crippen LogP contribution in [0.4, 0.5) is 5.69 Å². The zero-order valence-electron chi connectivity index (χ0n) is 11.2. The summed E-state index contributed by atoms with van der Waals surface area (Å²) < 4.78 is 5.37. The van der Waals surface area contributed by atoms with Crippen molar-refractivity contribution in [3.05, 3.63) is 28.8 Å². The topological polar surface area (TPSA) is 67.4 Å². The standard InChI is InChI=1S/C14H17ClN2O3/c1-9-4-5-10(7-12(9)15)17-14(19)13(18)16-8-11-3-2-6-20-11/h4-5,7,11H,2-3,6,8H2,1H3,(H,16,18)(H,17,19)/t11-/m0/s1. The van der Waals surface area contributed by atoms with Gasteiger partial charge in [-0.3, -0.25) is 9.59 Å². The van der Waals surface area contributed by atoms with Gasteiger partial charge in [0.05, 0.1) is 6.10 Å². The lowest BCUT2D eigenvalue weighted by atomic mass is 10.2. The van der Waals surface area contributed by atoms with Crippen molar-refractivity contribution < 1.29 is 14.3 Å². The summed E-state index contributed by atoms with van der Waals surface area (Å²) in [5.41, 5.74) is 1.41. The summed E-state index contributed by atoms with van der Waals surface area (Å²) in [5.74, 6) is -1.37. The predicted octanol–water partition coefficient (Wildman–Crippen LogP) is 1.88. The van der Waals surface area contributed by atoms with Gasteiger partial charge in [0.15, 0.2) is 0 Å². The highest BCUT2D eigenvalue weighted by molar-refractivity contribution is 6.39. The molecule has 1 aliphatic rings. The van der Waals surface area contributed by atoms with Gasteiger partial charge in [0, 0.05) is 23.9 Å². The first-order chi connectivity index (χ1) is 9.56. The summed E-state index contributed by atoms with van der Waals surface area (Å²) in [7, 11) is 0. The molecule has 0 aliphatic carbocycles. The van der Waals surface area contributed by atoms with Crippen molar-refractivity contribution in [2.24, 2.45) is 0 Å². The molecule has 0 radical (unpaired) electrons. The molecule has 1 aliphatic heterocycles. The van der Waals surface area contributed by atoms with Crippen LogP contribution in [0.3, 0.4) is 0 Å². The fourth-order valence-electron chi connectivity index (χ4n) is 1.95. The van der Waals surface area contributed by atoms with Gasteiger partial charge < -0.3 is 15.4 Å². The number of aryl methyl sites for hydroxylation is 1. The maximum atomic E-state index is 11.7. The van der Waals surface area contributed by atoms with Gasteiger partial charge in [-0.1, -0.05) is 17.7 Å². The highest BCUT2D eigenvalue weighted by Crippen LogP contribution is 2.19. The highest BCUT2D eigenvalue weighted by atomic mass is 35.5. The second kappa shape index (κ2) is 6.72. The van der Waals surface area contributed by atoms with Crippen LogP contribution in [0.1, 0.15) is 18.4 Å². The Morgan fingerprint density at radius 1 is 1.40 bits per heavy atom. The Balaban J connectivity index is 1.83. The second-order valence-corrected chi connectivity index (χ2v) is 5.17. The quantitative estimate of drug-likeness (QED) is 0.837. The summed E-state index contributed by atoms with van der Waals surface area (Å²) in [6.45, 7) is 2.94. The number of carbonyl (C=O) groups is 2. The Bertz CT molecular complexity index is 513. The number of carbonyl (C=O) groups excluding carboxylic acids is 2. The molecule has 1 aromatic rings. The summed E-state index contributed by atoms with van der Waals surface area (Å²) in [4.78, 5) is 23.4. The van der Waals surface area contributed by atoms with Crippen LogP contribution in [-0.4, -0.2) is 31.1 Å².